The molecule has 0 spiro atoms. The number of ketones is 1. The zero-order valence-electron chi connectivity index (χ0n) is 13.1. The Bertz CT molecular complexity index is 905. The van der Waals surface area contributed by atoms with Crippen LogP contribution in [0.5, 0.6) is 0 Å². The first-order valence-corrected chi connectivity index (χ1v) is 7.98. The molecule has 0 bridgehead atoms. The lowest BCUT2D eigenvalue weighted by atomic mass is 9.94. The molecule has 0 saturated carbocycles. The van der Waals surface area contributed by atoms with Crippen LogP contribution < -0.4 is 0 Å². The molecule has 0 radical (unpaired) electrons. The number of carbonyl (C=O) groups is 1. The molecule has 0 aliphatic heterocycles. The Morgan fingerprint density at radius 1 is 1.30 bits per heavy atom. The number of fused-ring (bicyclic) bond motifs is 3. The predicted molar refractivity (Wildman–Crippen MR) is 88.1 cm³/mol. The molecule has 1 aliphatic rings. The van der Waals surface area contributed by atoms with Crippen molar-refractivity contribution in [3.63, 3.8) is 0 Å². The van der Waals surface area contributed by atoms with Gasteiger partial charge in [0.05, 0.1) is 17.6 Å². The Morgan fingerprint density at radius 2 is 2.17 bits per heavy atom. The number of carbonyl (C=O) groups excluding carboxylic acids is 1. The number of hydrogen-bond acceptors (Lipinski definition) is 3. The number of nitrogens with zero attached hydrogens (tertiary/aromatic N) is 3. The second-order valence-corrected chi connectivity index (χ2v) is 6.13. The lowest BCUT2D eigenvalue weighted by molar-refractivity contribution is 0.0965. The molecular formula is C18H19N3O2. The first-order chi connectivity index (χ1) is 11.2. The smallest absolute Gasteiger partial charge is 0.179 e. The molecule has 0 atom stereocenters. The summed E-state index contributed by atoms with van der Waals surface area (Å²) < 4.78 is 3.85. The molecule has 23 heavy (non-hydrogen) atoms. The molecule has 2 heterocycles. The van der Waals surface area contributed by atoms with Crippen molar-refractivity contribution in [1.29, 1.82) is 0 Å². The highest BCUT2D eigenvalue weighted by atomic mass is 16.3. The Labute approximate surface area is 134 Å². The average Bonchev–Trinajstić information content (AvgIpc) is 3.12. The van der Waals surface area contributed by atoms with Gasteiger partial charge in [-0.15, -0.1) is 0 Å². The largest absolute Gasteiger partial charge is 0.396 e. The summed E-state index contributed by atoms with van der Waals surface area (Å²) in [6.07, 6.45) is 6.86. The molecule has 3 aromatic rings. The van der Waals surface area contributed by atoms with Gasteiger partial charge in [0, 0.05) is 37.2 Å². The fraction of sp³-hybridized carbons (Fsp3) is 0.333. The third kappa shape index (κ3) is 2.19. The highest BCUT2D eigenvalue weighted by Crippen LogP contribution is 2.32. The second kappa shape index (κ2) is 5.35. The maximum Gasteiger partial charge on any atom is 0.179 e. The van der Waals surface area contributed by atoms with Crippen molar-refractivity contribution in [2.45, 2.75) is 25.7 Å². The number of aromatic nitrogens is 3. The van der Waals surface area contributed by atoms with E-state index in [4.69, 9.17) is 5.11 Å². The number of aliphatic hydroxyl groups excluding tert-OH is 1. The van der Waals surface area contributed by atoms with Crippen molar-refractivity contribution in [3.05, 3.63) is 47.4 Å². The van der Waals surface area contributed by atoms with Crippen molar-refractivity contribution in [2.75, 3.05) is 6.61 Å². The molecule has 1 aromatic carbocycles. The third-order valence-electron chi connectivity index (χ3n) is 4.68. The lowest BCUT2D eigenvalue weighted by Gasteiger charge is -2.11. The summed E-state index contributed by atoms with van der Waals surface area (Å²) in [6, 6.07) is 6.19. The van der Waals surface area contributed by atoms with Crippen molar-refractivity contribution in [3.8, 4) is 5.69 Å². The maximum atomic E-state index is 12.2. The van der Waals surface area contributed by atoms with Gasteiger partial charge >= 0.3 is 0 Å². The third-order valence-corrected chi connectivity index (χ3v) is 4.68. The van der Waals surface area contributed by atoms with E-state index in [-0.39, 0.29) is 12.4 Å². The summed E-state index contributed by atoms with van der Waals surface area (Å²) in [7, 11) is 1.97. The average molecular weight is 309 g/mol. The molecule has 1 N–H and O–H groups in total. The second-order valence-electron chi connectivity index (χ2n) is 6.13. The molecular weight excluding hydrogens is 290 g/mol. The number of hydrogen-bond donors (Lipinski definition) is 1. The lowest BCUT2D eigenvalue weighted by Crippen LogP contribution is -2.13. The first-order valence-electron chi connectivity index (χ1n) is 7.98. The fourth-order valence-corrected chi connectivity index (χ4v) is 3.56. The number of rotatable bonds is 3. The Kier molecular flexibility index (Phi) is 3.31. The monoisotopic (exact) mass is 309 g/mol. The van der Waals surface area contributed by atoms with Crippen molar-refractivity contribution >= 4 is 16.7 Å². The molecule has 2 aromatic heterocycles. The van der Waals surface area contributed by atoms with Crippen LogP contribution in [0.2, 0.25) is 0 Å². The fourth-order valence-electron chi connectivity index (χ4n) is 3.56. The maximum absolute atomic E-state index is 12.2. The van der Waals surface area contributed by atoms with Gasteiger partial charge < -0.3 is 9.67 Å². The van der Waals surface area contributed by atoms with E-state index in [9.17, 15) is 4.79 Å². The van der Waals surface area contributed by atoms with Crippen LogP contribution >= 0.6 is 0 Å². The van der Waals surface area contributed by atoms with Crippen LogP contribution in [0, 0.1) is 0 Å². The van der Waals surface area contributed by atoms with E-state index in [0.717, 1.165) is 40.7 Å². The van der Waals surface area contributed by atoms with Gasteiger partial charge in [0.25, 0.3) is 0 Å². The molecule has 0 saturated heterocycles. The summed E-state index contributed by atoms with van der Waals surface area (Å²) in [5.41, 5.74) is 5.12. The summed E-state index contributed by atoms with van der Waals surface area (Å²) >= 11 is 0. The minimum absolute atomic E-state index is 0.124. The van der Waals surface area contributed by atoms with E-state index < -0.39 is 0 Å². The molecule has 5 nitrogen and oxygen atoms in total. The van der Waals surface area contributed by atoms with Gasteiger partial charge in [0.2, 0.25) is 0 Å². The van der Waals surface area contributed by atoms with Crippen LogP contribution in [0.4, 0.5) is 0 Å². The van der Waals surface area contributed by atoms with E-state index >= 15 is 0 Å². The van der Waals surface area contributed by atoms with E-state index in [1.165, 1.54) is 5.56 Å². The number of benzene rings is 1. The molecule has 4 rings (SSSR count). The van der Waals surface area contributed by atoms with Crippen LogP contribution in [0.25, 0.3) is 16.6 Å². The number of Topliss-reactive ketones (excluding diaryl/α,β-unsaturated/α-hetero) is 1. The predicted octanol–water partition coefficient (Wildman–Crippen LogP) is 2.42. The van der Waals surface area contributed by atoms with Crippen molar-refractivity contribution in [1.82, 2.24) is 14.3 Å². The Hall–Kier alpha value is -2.40. The molecule has 0 unspecified atom stereocenters. The van der Waals surface area contributed by atoms with Crippen LogP contribution in [-0.2, 0) is 19.9 Å². The van der Waals surface area contributed by atoms with E-state index in [0.29, 0.717) is 12.8 Å². The first kappa shape index (κ1) is 14.2. The van der Waals surface area contributed by atoms with Crippen molar-refractivity contribution in [2.24, 2.45) is 7.05 Å². The van der Waals surface area contributed by atoms with Gasteiger partial charge in [0.1, 0.15) is 0 Å². The van der Waals surface area contributed by atoms with Gasteiger partial charge in [0.15, 0.2) is 5.78 Å². The van der Waals surface area contributed by atoms with Gasteiger partial charge in [-0.2, -0.15) is 5.10 Å². The zero-order valence-corrected chi connectivity index (χ0v) is 13.1. The highest BCUT2D eigenvalue weighted by Gasteiger charge is 2.24. The van der Waals surface area contributed by atoms with E-state index in [1.54, 1.807) is 6.20 Å². The zero-order chi connectivity index (χ0) is 16.0. The minimum Gasteiger partial charge on any atom is -0.396 e. The van der Waals surface area contributed by atoms with E-state index in [2.05, 4.69) is 17.2 Å². The summed E-state index contributed by atoms with van der Waals surface area (Å²) in [5, 5.41) is 14.6. The van der Waals surface area contributed by atoms with Crippen LogP contribution in [-0.4, -0.2) is 31.8 Å². The van der Waals surface area contributed by atoms with Crippen LogP contribution in [0.3, 0.4) is 0 Å². The molecule has 0 amide bonds. The summed E-state index contributed by atoms with van der Waals surface area (Å²) in [4.78, 5) is 12.2. The Morgan fingerprint density at radius 3 is 3.00 bits per heavy atom. The van der Waals surface area contributed by atoms with Gasteiger partial charge in [-0.25, -0.2) is 4.68 Å². The SMILES string of the molecule is Cn1c2c(c3cc(-n4cc(CCO)cn4)ccc31)CCCC2=O. The topological polar surface area (TPSA) is 60.1 Å². The highest BCUT2D eigenvalue weighted by molar-refractivity contribution is 6.04. The summed E-state index contributed by atoms with van der Waals surface area (Å²) in [5.74, 6) is 0.246. The van der Waals surface area contributed by atoms with Crippen LogP contribution in [0.15, 0.2) is 30.6 Å². The van der Waals surface area contributed by atoms with Crippen LogP contribution in [0.1, 0.15) is 34.5 Å². The molecule has 0 fully saturated rings. The summed E-state index contributed by atoms with van der Waals surface area (Å²) in [6.45, 7) is 0.124. The van der Waals surface area contributed by atoms with Gasteiger partial charge in [-0.1, -0.05) is 0 Å². The van der Waals surface area contributed by atoms with Gasteiger partial charge in [-0.3, -0.25) is 4.79 Å². The number of aryl methyl sites for hydroxylation is 2. The molecule has 5 heteroatoms. The van der Waals surface area contributed by atoms with Crippen molar-refractivity contribution < 1.29 is 9.90 Å². The Balaban J connectivity index is 1.85. The minimum atomic E-state index is 0.124. The molecule has 1 aliphatic carbocycles. The van der Waals surface area contributed by atoms with Gasteiger partial charge in [-0.05, 0) is 48.6 Å². The normalized spacial score (nSPS) is 14.4. The quantitative estimate of drug-likeness (QED) is 0.808. The number of aliphatic hydroxyl groups is 1. The molecule has 118 valence electrons. The standard InChI is InChI=1S/C18H19N3O2/c1-20-16-6-5-13(21-11-12(7-8-22)10-19-21)9-15(16)14-3-2-4-17(23)18(14)20/h5-6,9-11,22H,2-4,7-8H2,1H3. The van der Waals surface area contributed by atoms with E-state index in [1.807, 2.05) is 28.6 Å².